The molecule has 0 aliphatic rings. The van der Waals surface area contributed by atoms with Crippen LogP contribution in [0.1, 0.15) is 32.3 Å². The number of carbonyl (C=O) groups is 2. The lowest BCUT2D eigenvalue weighted by Gasteiger charge is -2.19. The number of para-hydroxylation sites is 1. The third kappa shape index (κ3) is 7.68. The molecule has 13 heteroatoms. The zero-order chi connectivity index (χ0) is 26.3. The van der Waals surface area contributed by atoms with Gasteiger partial charge in [-0.3, -0.25) is 4.79 Å². The van der Waals surface area contributed by atoms with Gasteiger partial charge in [0.15, 0.2) is 17.3 Å². The maximum absolute atomic E-state index is 12.1. The van der Waals surface area contributed by atoms with Crippen LogP contribution in [-0.4, -0.2) is 29.1 Å². The minimum absolute atomic E-state index is 0.0193. The molecule has 3 aromatic rings. The number of aromatic nitrogens is 1. The van der Waals surface area contributed by atoms with E-state index in [9.17, 15) is 14.4 Å². The van der Waals surface area contributed by atoms with E-state index >= 15 is 0 Å². The third-order valence-corrected chi connectivity index (χ3v) is 4.29. The summed E-state index contributed by atoms with van der Waals surface area (Å²) in [6, 6.07) is 9.85. The molecule has 0 fully saturated rings. The van der Waals surface area contributed by atoms with Crippen LogP contribution in [0.5, 0.6) is 5.75 Å². The number of aryl methyl sites for hydroxylation is 1. The van der Waals surface area contributed by atoms with Crippen molar-refractivity contribution in [2.24, 2.45) is 10.2 Å². The summed E-state index contributed by atoms with van der Waals surface area (Å²) in [6.07, 6.45) is -0.713. The Morgan fingerprint density at radius 3 is 2.47 bits per heavy atom. The second-order valence-electron chi connectivity index (χ2n) is 8.39. The number of carbonyl (C=O) groups excluding carboxylic acids is 2. The molecule has 0 spiro atoms. The SMILES string of the molecule is Cc1oc(=O)oc1COc1ccccc1/N=N/c1ccc(NC(=O)CNC(=O)OC(C)(C)C)nc1N. The summed E-state index contributed by atoms with van der Waals surface area (Å²) >= 11 is 0. The van der Waals surface area contributed by atoms with Crippen molar-refractivity contribution >= 4 is 35.0 Å². The predicted molar refractivity (Wildman–Crippen MR) is 128 cm³/mol. The van der Waals surface area contributed by atoms with Crippen LogP contribution in [0.25, 0.3) is 0 Å². The fourth-order valence-electron chi connectivity index (χ4n) is 2.69. The van der Waals surface area contributed by atoms with Gasteiger partial charge >= 0.3 is 11.9 Å². The maximum atomic E-state index is 12.1. The van der Waals surface area contributed by atoms with Crippen molar-refractivity contribution in [3.8, 4) is 5.75 Å². The first kappa shape index (κ1) is 25.9. The summed E-state index contributed by atoms with van der Waals surface area (Å²) in [5.74, 6) is -0.158. The molecule has 0 unspecified atom stereocenters. The van der Waals surface area contributed by atoms with Crippen LogP contribution in [0.3, 0.4) is 0 Å². The normalized spacial score (nSPS) is 11.3. The summed E-state index contributed by atoms with van der Waals surface area (Å²) in [4.78, 5) is 39.0. The summed E-state index contributed by atoms with van der Waals surface area (Å²) in [5.41, 5.74) is 5.93. The van der Waals surface area contributed by atoms with Crippen LogP contribution in [0.15, 0.2) is 60.3 Å². The Hall–Kier alpha value is -4.68. The van der Waals surface area contributed by atoms with Crippen molar-refractivity contribution < 1.29 is 27.9 Å². The molecule has 2 heterocycles. The van der Waals surface area contributed by atoms with Gasteiger partial charge in [-0.15, -0.1) is 10.2 Å². The molecule has 190 valence electrons. The first-order valence-electron chi connectivity index (χ1n) is 10.8. The lowest BCUT2D eigenvalue weighted by molar-refractivity contribution is -0.115. The van der Waals surface area contributed by atoms with Crippen molar-refractivity contribution in [3.63, 3.8) is 0 Å². The number of alkyl carbamates (subject to hydrolysis) is 1. The van der Waals surface area contributed by atoms with Crippen molar-refractivity contribution in [1.29, 1.82) is 0 Å². The Morgan fingerprint density at radius 2 is 1.81 bits per heavy atom. The molecule has 36 heavy (non-hydrogen) atoms. The van der Waals surface area contributed by atoms with E-state index in [0.717, 1.165) is 0 Å². The number of nitrogen functional groups attached to an aromatic ring is 1. The largest absolute Gasteiger partial charge is 0.519 e. The molecule has 0 aliphatic carbocycles. The lowest BCUT2D eigenvalue weighted by Crippen LogP contribution is -2.37. The van der Waals surface area contributed by atoms with Crippen LogP contribution in [0.4, 0.5) is 27.8 Å². The van der Waals surface area contributed by atoms with Gasteiger partial charge in [0.2, 0.25) is 5.91 Å². The molecule has 0 aliphatic heterocycles. The molecule has 0 saturated carbocycles. The molecule has 4 N–H and O–H groups in total. The molecule has 2 aromatic heterocycles. The molecular weight excluding hydrogens is 472 g/mol. The highest BCUT2D eigenvalue weighted by molar-refractivity contribution is 5.93. The number of hydrogen-bond acceptors (Lipinski definition) is 11. The van der Waals surface area contributed by atoms with E-state index in [1.165, 1.54) is 12.1 Å². The van der Waals surface area contributed by atoms with Gasteiger partial charge < -0.3 is 34.7 Å². The summed E-state index contributed by atoms with van der Waals surface area (Å²) in [5, 5.41) is 13.1. The van der Waals surface area contributed by atoms with Crippen LogP contribution in [0, 0.1) is 6.92 Å². The molecular formula is C23H26N6O7. The van der Waals surface area contributed by atoms with Crippen LogP contribution >= 0.6 is 0 Å². The number of rotatable bonds is 8. The number of nitrogens with two attached hydrogens (primary N) is 1. The van der Waals surface area contributed by atoms with E-state index < -0.39 is 23.4 Å². The summed E-state index contributed by atoms with van der Waals surface area (Å²) < 4.78 is 20.5. The Morgan fingerprint density at radius 1 is 1.08 bits per heavy atom. The zero-order valence-electron chi connectivity index (χ0n) is 20.2. The van der Waals surface area contributed by atoms with Gasteiger partial charge in [-0.1, -0.05) is 12.1 Å². The van der Waals surface area contributed by atoms with Gasteiger partial charge in [-0.05, 0) is 52.0 Å². The number of pyridine rings is 1. The van der Waals surface area contributed by atoms with Gasteiger partial charge in [0.1, 0.15) is 41.7 Å². The average molecular weight is 498 g/mol. The Balaban J connectivity index is 1.60. The maximum Gasteiger partial charge on any atom is 0.519 e. The number of amides is 2. The van der Waals surface area contributed by atoms with E-state index in [1.807, 2.05) is 0 Å². The van der Waals surface area contributed by atoms with Gasteiger partial charge in [0, 0.05) is 0 Å². The highest BCUT2D eigenvalue weighted by Crippen LogP contribution is 2.31. The minimum atomic E-state index is -0.805. The second kappa shape index (κ2) is 11.2. The first-order valence-corrected chi connectivity index (χ1v) is 10.8. The molecule has 0 atom stereocenters. The Kier molecular flexibility index (Phi) is 8.04. The molecule has 1 aromatic carbocycles. The molecule has 3 rings (SSSR count). The predicted octanol–water partition coefficient (Wildman–Crippen LogP) is 3.98. The number of hydrogen-bond donors (Lipinski definition) is 3. The highest BCUT2D eigenvalue weighted by atomic mass is 16.6. The average Bonchev–Trinajstić information content (AvgIpc) is 3.12. The number of nitrogens with one attached hydrogen (secondary N) is 2. The fourth-order valence-corrected chi connectivity index (χ4v) is 2.69. The third-order valence-electron chi connectivity index (χ3n) is 4.29. The van der Waals surface area contributed by atoms with Crippen molar-refractivity contribution in [3.05, 3.63) is 58.5 Å². The van der Waals surface area contributed by atoms with E-state index in [4.69, 9.17) is 24.0 Å². The topological polar surface area (TPSA) is 184 Å². The van der Waals surface area contributed by atoms with Crippen molar-refractivity contribution in [2.75, 3.05) is 17.6 Å². The quantitative estimate of drug-likeness (QED) is 0.386. The summed E-state index contributed by atoms with van der Waals surface area (Å²) in [7, 11) is 0. The monoisotopic (exact) mass is 498 g/mol. The Labute approximate surface area is 205 Å². The van der Waals surface area contributed by atoms with Gasteiger partial charge in [-0.2, -0.15) is 0 Å². The number of anilines is 2. The van der Waals surface area contributed by atoms with Gasteiger partial charge in [-0.25, -0.2) is 14.6 Å². The lowest BCUT2D eigenvalue weighted by atomic mass is 10.2. The highest BCUT2D eigenvalue weighted by Gasteiger charge is 2.17. The standard InChI is InChI=1S/C23H26N6O7/c1-13-17(35-22(32)34-13)12-33-16-8-6-5-7-14(16)28-29-15-9-10-18(27-20(15)24)26-19(30)11-25-21(31)36-23(2,3)4/h5-10H,11-12H2,1-4H3,(H,25,31)(H3,24,26,27,30)/b29-28+. The van der Waals surface area contributed by atoms with Gasteiger partial charge in [0.25, 0.3) is 0 Å². The van der Waals surface area contributed by atoms with E-state index in [-0.39, 0.29) is 36.2 Å². The van der Waals surface area contributed by atoms with E-state index in [1.54, 1.807) is 52.0 Å². The zero-order valence-corrected chi connectivity index (χ0v) is 20.2. The van der Waals surface area contributed by atoms with Crippen LogP contribution in [-0.2, 0) is 16.1 Å². The van der Waals surface area contributed by atoms with Crippen LogP contribution in [0.2, 0.25) is 0 Å². The smallest absolute Gasteiger partial charge is 0.483 e. The second-order valence-corrected chi connectivity index (χ2v) is 8.39. The van der Waals surface area contributed by atoms with Crippen LogP contribution < -0.4 is 26.9 Å². The van der Waals surface area contributed by atoms with Gasteiger partial charge in [0.05, 0.1) is 0 Å². The first-order chi connectivity index (χ1) is 17.0. The van der Waals surface area contributed by atoms with E-state index in [0.29, 0.717) is 17.2 Å². The van der Waals surface area contributed by atoms with E-state index in [2.05, 4.69) is 25.8 Å². The molecule has 0 saturated heterocycles. The number of nitrogens with zero attached hydrogens (tertiary/aromatic N) is 3. The minimum Gasteiger partial charge on any atom is -0.483 e. The van der Waals surface area contributed by atoms with Crippen molar-refractivity contribution in [1.82, 2.24) is 10.3 Å². The number of ether oxygens (including phenoxy) is 2. The summed E-state index contributed by atoms with van der Waals surface area (Å²) in [6.45, 7) is 6.39. The molecule has 0 radical (unpaired) electrons. The number of azo groups is 1. The van der Waals surface area contributed by atoms with Crippen molar-refractivity contribution in [2.45, 2.75) is 39.9 Å². The molecule has 0 bridgehead atoms. The fraction of sp³-hybridized carbons (Fsp3) is 0.304. The molecule has 13 nitrogen and oxygen atoms in total. The number of benzene rings is 1. The molecule has 2 amide bonds. The Bertz CT molecular complexity index is 1320.